The molecule has 0 bridgehead atoms. The summed E-state index contributed by atoms with van der Waals surface area (Å²) in [7, 11) is 0. The lowest BCUT2D eigenvalue weighted by molar-refractivity contribution is -0.306. The number of aliphatic hydroxyl groups is 8. The van der Waals surface area contributed by atoms with Crippen LogP contribution in [0, 0.1) is 0 Å². The molecule has 0 amide bonds. The van der Waals surface area contributed by atoms with Crippen molar-refractivity contribution in [1.29, 1.82) is 0 Å². The Morgan fingerprint density at radius 2 is 1.65 bits per heavy atom. The van der Waals surface area contributed by atoms with Crippen LogP contribution in [0.25, 0.3) is 0 Å². The third kappa shape index (κ3) is 4.87. The highest BCUT2D eigenvalue weighted by Crippen LogP contribution is 2.22. The van der Waals surface area contributed by atoms with Crippen molar-refractivity contribution in [3.8, 4) is 0 Å². The molecule has 0 aromatic carbocycles. The molecule has 8 N–H and O–H groups in total. The van der Waals surface area contributed by atoms with Gasteiger partial charge in [-0.25, -0.2) is 0 Å². The van der Waals surface area contributed by atoms with Crippen LogP contribution in [0.15, 0.2) is 0 Å². The molecule has 11 heteroatoms. The number of carbonyl (C=O) groups is 1. The summed E-state index contributed by atoms with van der Waals surface area (Å²) in [5.41, 5.74) is 0. The minimum absolute atomic E-state index is 0.667. The van der Waals surface area contributed by atoms with E-state index in [0.717, 1.165) is 0 Å². The van der Waals surface area contributed by atoms with Crippen LogP contribution in [0.5, 0.6) is 0 Å². The molecule has 0 aromatic heterocycles. The van der Waals surface area contributed by atoms with Gasteiger partial charge in [0.1, 0.15) is 49.3 Å². The van der Waals surface area contributed by atoms with E-state index >= 15 is 0 Å². The van der Waals surface area contributed by atoms with Crippen LogP contribution < -0.4 is 0 Å². The molecule has 0 unspecified atom stereocenters. The second kappa shape index (κ2) is 8.94. The molecule has 1 aliphatic rings. The van der Waals surface area contributed by atoms with Gasteiger partial charge < -0.3 is 50.3 Å². The summed E-state index contributed by atoms with van der Waals surface area (Å²) in [6.07, 6.45) is -13.4. The van der Waals surface area contributed by atoms with Gasteiger partial charge in [0.2, 0.25) is 0 Å². The molecule has 23 heavy (non-hydrogen) atoms. The summed E-state index contributed by atoms with van der Waals surface area (Å²) in [5.74, 6) is -1.11. The number of rotatable bonds is 8. The minimum atomic E-state index is -2.03. The summed E-state index contributed by atoms with van der Waals surface area (Å²) in [6.45, 7) is -2.40. The number of ketones is 1. The van der Waals surface area contributed by atoms with Crippen LogP contribution in [0.4, 0.5) is 0 Å². The van der Waals surface area contributed by atoms with Crippen molar-refractivity contribution in [1.82, 2.24) is 0 Å². The highest BCUT2D eigenvalue weighted by molar-refractivity contribution is 5.84. The largest absolute Gasteiger partial charge is 0.394 e. The Hall–Kier alpha value is -0.730. The zero-order valence-electron chi connectivity index (χ0n) is 12.0. The normalized spacial score (nSPS) is 35.6. The fourth-order valence-corrected chi connectivity index (χ4v) is 1.99. The van der Waals surface area contributed by atoms with Crippen LogP contribution >= 0.6 is 0 Å². The Balaban J connectivity index is 2.57. The Labute approximate surface area is 130 Å². The Morgan fingerprint density at radius 3 is 2.17 bits per heavy atom. The van der Waals surface area contributed by atoms with Gasteiger partial charge in [-0.15, -0.1) is 0 Å². The fourth-order valence-electron chi connectivity index (χ4n) is 1.99. The van der Waals surface area contributed by atoms with E-state index in [9.17, 15) is 35.4 Å². The number of Topliss-reactive ketones (excluding diaryl/α,β-unsaturated/α-hetero) is 1. The molecule has 0 saturated carbocycles. The van der Waals surface area contributed by atoms with E-state index in [1.807, 2.05) is 0 Å². The van der Waals surface area contributed by atoms with E-state index in [0.29, 0.717) is 0 Å². The van der Waals surface area contributed by atoms with E-state index in [2.05, 4.69) is 0 Å². The van der Waals surface area contributed by atoms with Crippen molar-refractivity contribution >= 4 is 5.78 Å². The first kappa shape index (κ1) is 20.3. The van der Waals surface area contributed by atoms with Gasteiger partial charge in [0.15, 0.2) is 12.1 Å². The molecule has 1 fully saturated rings. The van der Waals surface area contributed by atoms with Crippen LogP contribution in [-0.4, -0.2) is 115 Å². The summed E-state index contributed by atoms with van der Waals surface area (Å²) in [4.78, 5) is 11.0. The molecule has 0 spiro atoms. The maximum absolute atomic E-state index is 11.0. The minimum Gasteiger partial charge on any atom is -0.394 e. The molecule has 1 saturated heterocycles. The number of carbonyl (C=O) groups excluding carboxylic acids is 1. The van der Waals surface area contributed by atoms with Crippen molar-refractivity contribution < 1.29 is 55.1 Å². The van der Waals surface area contributed by atoms with Crippen molar-refractivity contribution in [3.63, 3.8) is 0 Å². The Kier molecular flexibility index (Phi) is 7.89. The zero-order valence-corrected chi connectivity index (χ0v) is 12.0. The molecule has 0 aliphatic carbocycles. The average molecular weight is 342 g/mol. The van der Waals surface area contributed by atoms with Crippen LogP contribution in [0.2, 0.25) is 0 Å². The average Bonchev–Trinajstić information content (AvgIpc) is 2.56. The predicted molar refractivity (Wildman–Crippen MR) is 69.8 cm³/mol. The molecule has 136 valence electrons. The molecule has 8 atom stereocenters. The van der Waals surface area contributed by atoms with Crippen LogP contribution in [0.1, 0.15) is 0 Å². The number of ether oxygens (including phenoxy) is 2. The van der Waals surface area contributed by atoms with Gasteiger partial charge in [-0.2, -0.15) is 0 Å². The van der Waals surface area contributed by atoms with Crippen LogP contribution in [-0.2, 0) is 14.3 Å². The van der Waals surface area contributed by atoms with Gasteiger partial charge in [-0.05, 0) is 0 Å². The monoisotopic (exact) mass is 342 g/mol. The molecule has 1 rings (SSSR count). The van der Waals surface area contributed by atoms with E-state index < -0.39 is 74.6 Å². The van der Waals surface area contributed by atoms with Crippen molar-refractivity contribution in [3.05, 3.63) is 0 Å². The quantitative estimate of drug-likeness (QED) is 0.209. The zero-order chi connectivity index (χ0) is 17.7. The summed E-state index contributed by atoms with van der Waals surface area (Å²) >= 11 is 0. The molecular formula is C12H22O11. The first-order valence-corrected chi connectivity index (χ1v) is 6.84. The SMILES string of the molecule is O=C(CO)[C@@H](O)[C@H](O)[C@H](O)CO[C@@H]1O[C@H](CO)[C@H](O)[C@H](O)[C@H]1O. The maximum Gasteiger partial charge on any atom is 0.189 e. The number of hydrogen-bond donors (Lipinski definition) is 8. The van der Waals surface area contributed by atoms with Gasteiger partial charge in [0.25, 0.3) is 0 Å². The number of aliphatic hydroxyl groups excluding tert-OH is 8. The standard InChI is InChI=1S/C12H22O11/c13-1-4(15)7(17)8(18)5(16)3-22-12-11(21)10(20)9(19)6(2-14)23-12/h5-14,16-21H,1-3H2/t5-,6-,7-,8-,9+,10+,11-,12-/m1/s1. The third-order valence-electron chi connectivity index (χ3n) is 3.48. The topological polar surface area (TPSA) is 197 Å². The van der Waals surface area contributed by atoms with Gasteiger partial charge in [0, 0.05) is 0 Å². The van der Waals surface area contributed by atoms with Crippen molar-refractivity contribution in [2.45, 2.75) is 49.0 Å². The van der Waals surface area contributed by atoms with Gasteiger partial charge >= 0.3 is 0 Å². The fraction of sp³-hybridized carbons (Fsp3) is 0.917. The Morgan fingerprint density at radius 1 is 1.04 bits per heavy atom. The van der Waals surface area contributed by atoms with E-state index in [-0.39, 0.29) is 0 Å². The van der Waals surface area contributed by atoms with Gasteiger partial charge in [-0.1, -0.05) is 0 Å². The second-order valence-electron chi connectivity index (χ2n) is 5.16. The maximum atomic E-state index is 11.0. The van der Waals surface area contributed by atoms with Crippen molar-refractivity contribution in [2.75, 3.05) is 19.8 Å². The molecule has 1 aliphatic heterocycles. The highest BCUT2D eigenvalue weighted by Gasteiger charge is 2.44. The van der Waals surface area contributed by atoms with Crippen LogP contribution in [0.3, 0.4) is 0 Å². The molecule has 11 nitrogen and oxygen atoms in total. The second-order valence-corrected chi connectivity index (χ2v) is 5.16. The molecule has 1 heterocycles. The number of hydrogen-bond acceptors (Lipinski definition) is 11. The summed E-state index contributed by atoms with van der Waals surface area (Å²) < 4.78 is 9.94. The predicted octanol–water partition coefficient (Wildman–Crippen LogP) is -5.55. The lowest BCUT2D eigenvalue weighted by Gasteiger charge is -2.40. The third-order valence-corrected chi connectivity index (χ3v) is 3.48. The van der Waals surface area contributed by atoms with E-state index in [1.165, 1.54) is 0 Å². The Bertz CT molecular complexity index is 376. The van der Waals surface area contributed by atoms with Gasteiger partial charge in [0.05, 0.1) is 13.2 Å². The van der Waals surface area contributed by atoms with Gasteiger partial charge in [-0.3, -0.25) is 4.79 Å². The molecule has 0 radical (unpaired) electrons. The summed E-state index contributed by atoms with van der Waals surface area (Å²) in [6, 6.07) is 0. The molecule has 0 aromatic rings. The van der Waals surface area contributed by atoms with E-state index in [1.54, 1.807) is 0 Å². The van der Waals surface area contributed by atoms with Crippen molar-refractivity contribution in [2.24, 2.45) is 0 Å². The molecular weight excluding hydrogens is 320 g/mol. The first-order chi connectivity index (χ1) is 10.7. The highest BCUT2D eigenvalue weighted by atomic mass is 16.7. The lowest BCUT2D eigenvalue weighted by Crippen LogP contribution is -2.59. The lowest BCUT2D eigenvalue weighted by atomic mass is 9.99. The first-order valence-electron chi connectivity index (χ1n) is 6.84. The van der Waals surface area contributed by atoms with E-state index in [4.69, 9.17) is 19.7 Å². The smallest absolute Gasteiger partial charge is 0.189 e. The summed E-state index contributed by atoms with van der Waals surface area (Å²) in [5, 5.41) is 74.8.